The molecule has 1 aromatic carbocycles. The maximum absolute atomic E-state index is 10.7. The summed E-state index contributed by atoms with van der Waals surface area (Å²) >= 11 is 6.08. The molecule has 1 N–H and O–H groups in total. The molecule has 0 aromatic heterocycles. The lowest BCUT2D eigenvalue weighted by molar-refractivity contribution is -0.384. The predicted molar refractivity (Wildman–Crippen MR) is 80.5 cm³/mol. The van der Waals surface area contributed by atoms with Crippen LogP contribution in [0.4, 0.5) is 5.69 Å². The topological polar surface area (TPSA) is 83.7 Å². The molecule has 21 heavy (non-hydrogen) atoms. The standard InChI is InChI=1S/C14H19ClN2O4/c1-14(2,3)16(7-6-13(18)19)9-10-4-5-11(17(20)21)8-12(10)15/h4-5,8H,6-7,9H2,1-3H3,(H,18,19). The first-order valence-corrected chi connectivity index (χ1v) is 6.88. The van der Waals surface area contributed by atoms with E-state index < -0.39 is 10.9 Å². The number of hydrogen-bond acceptors (Lipinski definition) is 4. The van der Waals surface area contributed by atoms with Gasteiger partial charge in [-0.05, 0) is 32.4 Å². The molecule has 0 aliphatic heterocycles. The van der Waals surface area contributed by atoms with Gasteiger partial charge >= 0.3 is 5.97 Å². The molecule has 0 fully saturated rings. The molecule has 0 bridgehead atoms. The summed E-state index contributed by atoms with van der Waals surface area (Å²) < 4.78 is 0. The van der Waals surface area contributed by atoms with Crippen molar-refractivity contribution in [1.29, 1.82) is 0 Å². The van der Waals surface area contributed by atoms with E-state index in [1.807, 2.05) is 25.7 Å². The highest BCUT2D eigenvalue weighted by atomic mass is 35.5. The summed E-state index contributed by atoms with van der Waals surface area (Å²) in [6, 6.07) is 4.33. The fourth-order valence-corrected chi connectivity index (χ4v) is 2.10. The van der Waals surface area contributed by atoms with E-state index in [-0.39, 0.29) is 17.6 Å². The van der Waals surface area contributed by atoms with E-state index >= 15 is 0 Å². The monoisotopic (exact) mass is 314 g/mol. The Hall–Kier alpha value is -1.66. The summed E-state index contributed by atoms with van der Waals surface area (Å²) in [5.74, 6) is -0.862. The fourth-order valence-electron chi connectivity index (χ4n) is 1.87. The van der Waals surface area contributed by atoms with Gasteiger partial charge in [0.2, 0.25) is 0 Å². The van der Waals surface area contributed by atoms with Crippen molar-refractivity contribution in [3.05, 3.63) is 38.9 Å². The zero-order valence-electron chi connectivity index (χ0n) is 12.3. The summed E-state index contributed by atoms with van der Waals surface area (Å²) in [6.45, 7) is 6.76. The van der Waals surface area contributed by atoms with E-state index in [2.05, 4.69) is 0 Å². The van der Waals surface area contributed by atoms with Gasteiger partial charge < -0.3 is 5.11 Å². The Morgan fingerprint density at radius 1 is 1.43 bits per heavy atom. The van der Waals surface area contributed by atoms with Crippen molar-refractivity contribution in [3.63, 3.8) is 0 Å². The van der Waals surface area contributed by atoms with Crippen molar-refractivity contribution in [3.8, 4) is 0 Å². The number of benzene rings is 1. The van der Waals surface area contributed by atoms with Crippen molar-refractivity contribution >= 4 is 23.3 Å². The van der Waals surface area contributed by atoms with Gasteiger partial charge in [-0.2, -0.15) is 0 Å². The van der Waals surface area contributed by atoms with Crippen LogP contribution in [0.15, 0.2) is 18.2 Å². The van der Waals surface area contributed by atoms with Crippen LogP contribution in [0, 0.1) is 10.1 Å². The lowest BCUT2D eigenvalue weighted by Gasteiger charge is -2.35. The first-order chi connectivity index (χ1) is 9.61. The Morgan fingerprint density at radius 3 is 2.48 bits per heavy atom. The zero-order valence-corrected chi connectivity index (χ0v) is 13.1. The number of rotatable bonds is 6. The number of nitrogens with zero attached hydrogens (tertiary/aromatic N) is 2. The van der Waals surface area contributed by atoms with Crippen LogP contribution in [-0.2, 0) is 11.3 Å². The Bertz CT molecular complexity index is 540. The Labute approximate surface area is 128 Å². The molecule has 7 heteroatoms. The van der Waals surface area contributed by atoms with E-state index in [0.717, 1.165) is 5.56 Å². The molecule has 0 atom stereocenters. The van der Waals surface area contributed by atoms with Crippen LogP contribution in [0.3, 0.4) is 0 Å². The number of nitro groups is 1. The van der Waals surface area contributed by atoms with Crippen molar-refractivity contribution in [2.45, 2.75) is 39.3 Å². The number of nitro benzene ring substituents is 1. The van der Waals surface area contributed by atoms with E-state index in [0.29, 0.717) is 18.1 Å². The molecule has 0 aliphatic carbocycles. The molecular weight excluding hydrogens is 296 g/mol. The molecule has 0 amide bonds. The van der Waals surface area contributed by atoms with Crippen LogP contribution in [0.5, 0.6) is 0 Å². The van der Waals surface area contributed by atoms with Crippen LogP contribution in [0.2, 0.25) is 5.02 Å². The molecule has 0 saturated carbocycles. The van der Waals surface area contributed by atoms with Crippen molar-refractivity contribution < 1.29 is 14.8 Å². The average Bonchev–Trinajstić information content (AvgIpc) is 2.33. The molecule has 1 rings (SSSR count). The van der Waals surface area contributed by atoms with Gasteiger partial charge in [0.15, 0.2) is 0 Å². The van der Waals surface area contributed by atoms with Crippen LogP contribution in [0.25, 0.3) is 0 Å². The lowest BCUT2D eigenvalue weighted by atomic mass is 10.0. The van der Waals surface area contributed by atoms with Gasteiger partial charge in [-0.25, -0.2) is 0 Å². The highest BCUT2D eigenvalue weighted by Crippen LogP contribution is 2.26. The summed E-state index contributed by atoms with van der Waals surface area (Å²) in [5.41, 5.74) is 0.444. The second-order valence-electron chi connectivity index (χ2n) is 5.77. The third-order valence-electron chi connectivity index (χ3n) is 3.15. The lowest BCUT2D eigenvalue weighted by Crippen LogP contribution is -2.42. The highest BCUT2D eigenvalue weighted by Gasteiger charge is 2.23. The summed E-state index contributed by atoms with van der Waals surface area (Å²) in [7, 11) is 0. The molecule has 6 nitrogen and oxygen atoms in total. The van der Waals surface area contributed by atoms with Gasteiger partial charge in [0.25, 0.3) is 5.69 Å². The van der Waals surface area contributed by atoms with Crippen LogP contribution in [-0.4, -0.2) is 33.0 Å². The quantitative estimate of drug-likeness (QED) is 0.643. The molecular formula is C14H19ClN2O4. The van der Waals surface area contributed by atoms with Crippen molar-refractivity contribution in [1.82, 2.24) is 4.90 Å². The van der Waals surface area contributed by atoms with Crippen molar-refractivity contribution in [2.24, 2.45) is 0 Å². The number of carboxylic acids is 1. The third-order valence-corrected chi connectivity index (χ3v) is 3.50. The smallest absolute Gasteiger partial charge is 0.304 e. The first-order valence-electron chi connectivity index (χ1n) is 6.51. The molecule has 116 valence electrons. The van der Waals surface area contributed by atoms with E-state index in [4.69, 9.17) is 16.7 Å². The van der Waals surface area contributed by atoms with Gasteiger partial charge in [0.1, 0.15) is 0 Å². The predicted octanol–water partition coefficient (Wildman–Crippen LogP) is 3.32. The molecule has 0 spiro atoms. The Kier molecular flexibility index (Phi) is 5.69. The van der Waals surface area contributed by atoms with Gasteiger partial charge in [-0.15, -0.1) is 0 Å². The molecule has 1 aromatic rings. The number of carboxylic acid groups (broad SMARTS) is 1. The SMILES string of the molecule is CC(C)(C)N(CCC(=O)O)Cc1ccc([N+](=O)[O-])cc1Cl. The van der Waals surface area contributed by atoms with Crippen LogP contribution < -0.4 is 0 Å². The third kappa shape index (κ3) is 5.32. The molecule has 0 saturated heterocycles. The molecule has 0 heterocycles. The average molecular weight is 315 g/mol. The van der Waals surface area contributed by atoms with Crippen LogP contribution in [0.1, 0.15) is 32.8 Å². The molecule has 0 radical (unpaired) electrons. The van der Waals surface area contributed by atoms with Gasteiger partial charge in [-0.1, -0.05) is 11.6 Å². The van der Waals surface area contributed by atoms with Gasteiger partial charge in [0.05, 0.1) is 16.4 Å². The Balaban J connectivity index is 2.93. The largest absolute Gasteiger partial charge is 0.481 e. The number of carbonyl (C=O) groups is 1. The van der Waals surface area contributed by atoms with Crippen LogP contribution >= 0.6 is 11.6 Å². The maximum atomic E-state index is 10.7. The minimum atomic E-state index is -0.862. The van der Waals surface area contributed by atoms with Crippen molar-refractivity contribution in [2.75, 3.05) is 6.54 Å². The highest BCUT2D eigenvalue weighted by molar-refractivity contribution is 6.31. The first kappa shape index (κ1) is 17.4. The minimum absolute atomic E-state index is 0.0296. The number of aliphatic carboxylic acids is 1. The minimum Gasteiger partial charge on any atom is -0.481 e. The van der Waals surface area contributed by atoms with E-state index in [9.17, 15) is 14.9 Å². The fraction of sp³-hybridized carbons (Fsp3) is 0.500. The number of non-ortho nitro benzene ring substituents is 1. The second kappa shape index (κ2) is 6.87. The number of halogens is 1. The maximum Gasteiger partial charge on any atom is 0.304 e. The van der Waals surface area contributed by atoms with E-state index in [1.165, 1.54) is 12.1 Å². The zero-order chi connectivity index (χ0) is 16.2. The van der Waals surface area contributed by atoms with Gasteiger partial charge in [0, 0.05) is 30.8 Å². The Morgan fingerprint density at radius 2 is 2.05 bits per heavy atom. The summed E-state index contributed by atoms with van der Waals surface area (Å²) in [5, 5.41) is 19.8. The summed E-state index contributed by atoms with van der Waals surface area (Å²) in [4.78, 5) is 22.9. The molecule has 0 aliphatic rings. The van der Waals surface area contributed by atoms with E-state index in [1.54, 1.807) is 6.07 Å². The summed E-state index contributed by atoms with van der Waals surface area (Å²) in [6.07, 6.45) is 0.0296. The normalized spacial score (nSPS) is 11.7. The van der Waals surface area contributed by atoms with Gasteiger partial charge in [-0.3, -0.25) is 19.8 Å². The molecule has 0 unspecified atom stereocenters. The second-order valence-corrected chi connectivity index (χ2v) is 6.18. The number of hydrogen-bond donors (Lipinski definition) is 1.